The Morgan fingerprint density at radius 3 is 2.41 bits per heavy atom. The average Bonchev–Trinajstić information content (AvgIpc) is 2.79. The minimum absolute atomic E-state index is 0.750. The van der Waals surface area contributed by atoms with Gasteiger partial charge in [-0.2, -0.15) is 0 Å². The van der Waals surface area contributed by atoms with Crippen LogP contribution in [-0.4, -0.2) is 37.6 Å². The molecule has 0 unspecified atom stereocenters. The molecular formula is C15H28N2. The molecule has 1 saturated carbocycles. The SMILES string of the molecule is C=C(CNCC)CN1CCC2(CCCC2)CC1. The Morgan fingerprint density at radius 1 is 1.18 bits per heavy atom. The second-order valence-corrected chi connectivity index (χ2v) is 6.01. The number of piperidine rings is 1. The monoisotopic (exact) mass is 236 g/mol. The largest absolute Gasteiger partial charge is 0.313 e. The van der Waals surface area contributed by atoms with E-state index in [-0.39, 0.29) is 0 Å². The Balaban J connectivity index is 1.70. The molecule has 17 heavy (non-hydrogen) atoms. The molecule has 2 heteroatoms. The van der Waals surface area contributed by atoms with Gasteiger partial charge in [0.15, 0.2) is 0 Å². The Bertz CT molecular complexity index is 244. The summed E-state index contributed by atoms with van der Waals surface area (Å²) in [5.41, 5.74) is 2.09. The van der Waals surface area contributed by atoms with Gasteiger partial charge >= 0.3 is 0 Å². The van der Waals surface area contributed by atoms with E-state index in [4.69, 9.17) is 0 Å². The van der Waals surface area contributed by atoms with E-state index in [1.165, 1.54) is 57.2 Å². The molecule has 0 amide bonds. The summed E-state index contributed by atoms with van der Waals surface area (Å²) in [4.78, 5) is 2.60. The molecular weight excluding hydrogens is 208 g/mol. The molecule has 0 atom stereocenters. The van der Waals surface area contributed by atoms with Crippen molar-refractivity contribution in [2.24, 2.45) is 5.41 Å². The minimum Gasteiger partial charge on any atom is -0.313 e. The molecule has 1 heterocycles. The highest BCUT2D eigenvalue weighted by Crippen LogP contribution is 2.46. The number of nitrogens with one attached hydrogen (secondary N) is 1. The fourth-order valence-electron chi connectivity index (χ4n) is 3.48. The third-order valence-electron chi connectivity index (χ3n) is 4.65. The lowest BCUT2D eigenvalue weighted by atomic mass is 9.77. The molecule has 2 fully saturated rings. The van der Waals surface area contributed by atoms with E-state index >= 15 is 0 Å². The van der Waals surface area contributed by atoms with Gasteiger partial charge in [0.05, 0.1) is 0 Å². The van der Waals surface area contributed by atoms with Crippen molar-refractivity contribution in [3.8, 4) is 0 Å². The zero-order valence-electron chi connectivity index (χ0n) is 11.4. The van der Waals surface area contributed by atoms with Gasteiger partial charge in [-0.1, -0.05) is 26.3 Å². The van der Waals surface area contributed by atoms with Gasteiger partial charge < -0.3 is 5.32 Å². The molecule has 98 valence electrons. The summed E-state index contributed by atoms with van der Waals surface area (Å²) in [5, 5.41) is 3.36. The maximum Gasteiger partial charge on any atom is 0.0202 e. The topological polar surface area (TPSA) is 15.3 Å². The zero-order valence-corrected chi connectivity index (χ0v) is 11.4. The molecule has 2 rings (SSSR count). The molecule has 2 nitrogen and oxygen atoms in total. The van der Waals surface area contributed by atoms with E-state index in [1.807, 2.05) is 0 Å². The minimum atomic E-state index is 0.750. The van der Waals surface area contributed by atoms with Gasteiger partial charge in [0.25, 0.3) is 0 Å². The highest BCUT2D eigenvalue weighted by atomic mass is 15.1. The quantitative estimate of drug-likeness (QED) is 0.738. The third-order valence-corrected chi connectivity index (χ3v) is 4.65. The van der Waals surface area contributed by atoms with Crippen LogP contribution < -0.4 is 5.32 Å². The van der Waals surface area contributed by atoms with Crippen LogP contribution >= 0.6 is 0 Å². The lowest BCUT2D eigenvalue weighted by Gasteiger charge is -2.39. The van der Waals surface area contributed by atoms with Gasteiger partial charge in [-0.05, 0) is 56.3 Å². The van der Waals surface area contributed by atoms with Crippen molar-refractivity contribution >= 4 is 0 Å². The molecule has 1 aliphatic heterocycles. The number of likely N-dealkylation sites (tertiary alicyclic amines) is 1. The molecule has 0 radical (unpaired) electrons. The van der Waals surface area contributed by atoms with Crippen LogP contribution in [-0.2, 0) is 0 Å². The van der Waals surface area contributed by atoms with Gasteiger partial charge in [-0.15, -0.1) is 0 Å². The molecule has 1 N–H and O–H groups in total. The van der Waals surface area contributed by atoms with E-state index < -0.39 is 0 Å². The first-order valence-electron chi connectivity index (χ1n) is 7.34. The van der Waals surface area contributed by atoms with Crippen molar-refractivity contribution in [2.75, 3.05) is 32.7 Å². The lowest BCUT2D eigenvalue weighted by molar-refractivity contribution is 0.115. The van der Waals surface area contributed by atoms with Gasteiger partial charge in [0.1, 0.15) is 0 Å². The Labute approximate surface area is 106 Å². The second kappa shape index (κ2) is 6.01. The summed E-state index contributed by atoms with van der Waals surface area (Å²) in [5.74, 6) is 0. The maximum absolute atomic E-state index is 4.17. The standard InChI is InChI=1S/C15H28N2/c1-3-16-12-14(2)13-17-10-8-15(9-11-17)6-4-5-7-15/h16H,2-13H2,1H3. The van der Waals surface area contributed by atoms with E-state index in [1.54, 1.807) is 0 Å². The molecule has 1 saturated heterocycles. The van der Waals surface area contributed by atoms with Crippen LogP contribution in [0.5, 0.6) is 0 Å². The third kappa shape index (κ3) is 3.56. The molecule has 1 aliphatic carbocycles. The fraction of sp³-hybridized carbons (Fsp3) is 0.867. The Morgan fingerprint density at radius 2 is 1.82 bits per heavy atom. The van der Waals surface area contributed by atoms with E-state index in [0.29, 0.717) is 0 Å². The summed E-state index contributed by atoms with van der Waals surface area (Å²) >= 11 is 0. The predicted molar refractivity (Wildman–Crippen MR) is 74.3 cm³/mol. The summed E-state index contributed by atoms with van der Waals surface area (Å²) in [6.45, 7) is 12.0. The highest BCUT2D eigenvalue weighted by molar-refractivity contribution is 5.01. The number of rotatable bonds is 5. The molecule has 0 bridgehead atoms. The summed E-state index contributed by atoms with van der Waals surface area (Å²) in [6.07, 6.45) is 8.82. The summed E-state index contributed by atoms with van der Waals surface area (Å²) in [6, 6.07) is 0. The van der Waals surface area contributed by atoms with E-state index in [9.17, 15) is 0 Å². The first-order chi connectivity index (χ1) is 8.24. The van der Waals surface area contributed by atoms with Crippen molar-refractivity contribution in [3.05, 3.63) is 12.2 Å². The van der Waals surface area contributed by atoms with Crippen molar-refractivity contribution in [2.45, 2.75) is 45.4 Å². The molecule has 0 aromatic rings. The van der Waals surface area contributed by atoms with Crippen LogP contribution in [0.25, 0.3) is 0 Å². The molecule has 2 aliphatic rings. The van der Waals surface area contributed by atoms with Crippen molar-refractivity contribution in [1.29, 1.82) is 0 Å². The number of likely N-dealkylation sites (N-methyl/N-ethyl adjacent to an activating group) is 1. The van der Waals surface area contributed by atoms with Gasteiger partial charge in [0.2, 0.25) is 0 Å². The number of hydrogen-bond acceptors (Lipinski definition) is 2. The van der Waals surface area contributed by atoms with Crippen LogP contribution in [0.1, 0.15) is 45.4 Å². The van der Waals surface area contributed by atoms with Crippen molar-refractivity contribution < 1.29 is 0 Å². The van der Waals surface area contributed by atoms with Crippen LogP contribution in [0.15, 0.2) is 12.2 Å². The molecule has 1 spiro atoms. The van der Waals surface area contributed by atoms with Crippen LogP contribution in [0.2, 0.25) is 0 Å². The first kappa shape index (κ1) is 13.1. The normalized spacial score (nSPS) is 24.3. The van der Waals surface area contributed by atoms with Gasteiger partial charge in [-0.25, -0.2) is 0 Å². The van der Waals surface area contributed by atoms with E-state index in [2.05, 4.69) is 23.7 Å². The summed E-state index contributed by atoms with van der Waals surface area (Å²) < 4.78 is 0. The molecule has 0 aromatic carbocycles. The lowest BCUT2D eigenvalue weighted by Crippen LogP contribution is -2.40. The van der Waals surface area contributed by atoms with E-state index in [0.717, 1.165) is 25.0 Å². The maximum atomic E-state index is 4.17. The predicted octanol–water partition coefficient (Wildman–Crippen LogP) is 2.81. The van der Waals surface area contributed by atoms with Crippen LogP contribution in [0.4, 0.5) is 0 Å². The smallest absolute Gasteiger partial charge is 0.0202 e. The highest BCUT2D eigenvalue weighted by Gasteiger charge is 2.36. The van der Waals surface area contributed by atoms with Gasteiger partial charge in [0, 0.05) is 13.1 Å². The average molecular weight is 236 g/mol. The van der Waals surface area contributed by atoms with Crippen LogP contribution in [0.3, 0.4) is 0 Å². The summed E-state index contributed by atoms with van der Waals surface area (Å²) in [7, 11) is 0. The van der Waals surface area contributed by atoms with Crippen LogP contribution in [0, 0.1) is 5.41 Å². The van der Waals surface area contributed by atoms with Crippen molar-refractivity contribution in [3.63, 3.8) is 0 Å². The second-order valence-electron chi connectivity index (χ2n) is 6.01. The molecule has 0 aromatic heterocycles. The number of hydrogen-bond donors (Lipinski definition) is 1. The zero-order chi connectivity index (χ0) is 12.1. The van der Waals surface area contributed by atoms with Gasteiger partial charge in [-0.3, -0.25) is 4.90 Å². The van der Waals surface area contributed by atoms with Crippen molar-refractivity contribution in [1.82, 2.24) is 10.2 Å². The Kier molecular flexibility index (Phi) is 4.63. The Hall–Kier alpha value is -0.340. The fourth-order valence-corrected chi connectivity index (χ4v) is 3.48. The first-order valence-corrected chi connectivity index (χ1v) is 7.34. The number of nitrogens with zero attached hydrogens (tertiary/aromatic N) is 1.